The summed E-state index contributed by atoms with van der Waals surface area (Å²) >= 11 is 7.93. The molecule has 4 atom stereocenters. The first-order valence-corrected chi connectivity index (χ1v) is 13.3. The SMILES string of the molecule is C(OCC(COCC1CS1)(COCC1CS1)COCC1CS1)C1CS1. The highest BCUT2D eigenvalue weighted by Gasteiger charge is 2.36. The summed E-state index contributed by atoms with van der Waals surface area (Å²) in [6.07, 6.45) is 0. The number of rotatable bonds is 16. The highest BCUT2D eigenvalue weighted by atomic mass is 32.2. The lowest BCUT2D eigenvalue weighted by Gasteiger charge is -2.33. The fourth-order valence-electron chi connectivity index (χ4n) is 2.53. The summed E-state index contributed by atoms with van der Waals surface area (Å²) in [5, 5.41) is 2.81. The van der Waals surface area contributed by atoms with Gasteiger partial charge in [-0.05, 0) is 0 Å². The standard InChI is InChI=1S/C17H28O4S4/c1(13-5-22-13)18-9-17(10-19-2-14-6-23-14,11-20-3-15-7-24-15)12-21-4-16-8-25-16/h13-16H,1-12H2. The van der Waals surface area contributed by atoms with Crippen molar-refractivity contribution in [1.29, 1.82) is 0 Å². The summed E-state index contributed by atoms with van der Waals surface area (Å²) < 4.78 is 24.3. The molecule has 0 saturated carbocycles. The van der Waals surface area contributed by atoms with Gasteiger partial charge in [-0.2, -0.15) is 47.0 Å². The van der Waals surface area contributed by atoms with Crippen molar-refractivity contribution in [2.24, 2.45) is 5.41 Å². The highest BCUT2D eigenvalue weighted by molar-refractivity contribution is 8.07. The van der Waals surface area contributed by atoms with Crippen molar-refractivity contribution in [3.8, 4) is 0 Å². The Balaban J connectivity index is 1.27. The molecule has 4 saturated heterocycles. The third-order valence-electron chi connectivity index (χ3n) is 4.46. The molecular weight excluding hydrogens is 396 g/mol. The average Bonchev–Trinajstić information content (AvgIpc) is 3.44. The second-order valence-corrected chi connectivity index (χ2v) is 12.7. The lowest BCUT2D eigenvalue weighted by Crippen LogP contribution is -2.43. The summed E-state index contributed by atoms with van der Waals surface area (Å²) in [7, 11) is 0. The van der Waals surface area contributed by atoms with Crippen LogP contribution in [-0.4, -0.2) is 96.9 Å². The molecule has 0 spiro atoms. The first kappa shape index (κ1) is 19.6. The number of ether oxygens (including phenoxy) is 4. The van der Waals surface area contributed by atoms with E-state index >= 15 is 0 Å². The molecule has 0 aromatic carbocycles. The van der Waals surface area contributed by atoms with Gasteiger partial charge in [0.05, 0.1) is 58.3 Å². The van der Waals surface area contributed by atoms with Gasteiger partial charge in [0.2, 0.25) is 0 Å². The maximum atomic E-state index is 6.07. The van der Waals surface area contributed by atoms with Gasteiger partial charge in [0.1, 0.15) is 0 Å². The molecule has 4 rings (SSSR count). The van der Waals surface area contributed by atoms with Gasteiger partial charge in [-0.25, -0.2) is 0 Å². The lowest BCUT2D eigenvalue weighted by molar-refractivity contribution is -0.103. The van der Waals surface area contributed by atoms with Crippen molar-refractivity contribution in [3.05, 3.63) is 0 Å². The van der Waals surface area contributed by atoms with Gasteiger partial charge in [-0.3, -0.25) is 0 Å². The van der Waals surface area contributed by atoms with Crippen LogP contribution in [0.5, 0.6) is 0 Å². The smallest absolute Gasteiger partial charge is 0.0637 e. The summed E-state index contributed by atoms with van der Waals surface area (Å²) in [6, 6.07) is 0. The van der Waals surface area contributed by atoms with E-state index in [2.05, 4.69) is 0 Å². The third-order valence-corrected chi connectivity index (χ3v) is 8.22. The Bertz CT molecular complexity index is 334. The second-order valence-electron chi connectivity index (χ2n) is 7.38. The Labute approximate surface area is 168 Å². The van der Waals surface area contributed by atoms with Crippen LogP contribution in [0.15, 0.2) is 0 Å². The normalized spacial score (nSPS) is 34.6. The molecule has 0 aromatic rings. The van der Waals surface area contributed by atoms with Crippen LogP contribution in [0.3, 0.4) is 0 Å². The zero-order valence-corrected chi connectivity index (χ0v) is 17.8. The third kappa shape index (κ3) is 8.02. The molecule has 4 heterocycles. The van der Waals surface area contributed by atoms with Crippen molar-refractivity contribution in [2.45, 2.75) is 21.0 Å². The zero-order valence-electron chi connectivity index (χ0n) is 14.6. The van der Waals surface area contributed by atoms with Gasteiger partial charge in [0, 0.05) is 44.0 Å². The van der Waals surface area contributed by atoms with Crippen LogP contribution in [0.4, 0.5) is 0 Å². The van der Waals surface area contributed by atoms with Gasteiger partial charge >= 0.3 is 0 Å². The molecule has 0 bridgehead atoms. The minimum atomic E-state index is -0.168. The molecule has 4 aliphatic rings. The van der Waals surface area contributed by atoms with E-state index in [1.807, 2.05) is 47.0 Å². The maximum absolute atomic E-state index is 6.07. The zero-order chi connectivity index (χ0) is 17.0. The van der Waals surface area contributed by atoms with Gasteiger partial charge < -0.3 is 18.9 Å². The predicted molar refractivity (Wildman–Crippen MR) is 111 cm³/mol. The van der Waals surface area contributed by atoms with Crippen LogP contribution in [0, 0.1) is 5.41 Å². The first-order valence-electron chi connectivity index (χ1n) is 9.09. The van der Waals surface area contributed by atoms with E-state index in [1.165, 1.54) is 23.0 Å². The van der Waals surface area contributed by atoms with Crippen LogP contribution < -0.4 is 0 Å². The topological polar surface area (TPSA) is 36.9 Å². The van der Waals surface area contributed by atoms with Crippen LogP contribution in [-0.2, 0) is 18.9 Å². The van der Waals surface area contributed by atoms with Crippen molar-refractivity contribution in [2.75, 3.05) is 75.9 Å². The van der Waals surface area contributed by atoms with Crippen molar-refractivity contribution < 1.29 is 18.9 Å². The molecule has 4 fully saturated rings. The van der Waals surface area contributed by atoms with Crippen LogP contribution in [0.2, 0.25) is 0 Å². The molecule has 0 amide bonds. The van der Waals surface area contributed by atoms with Gasteiger partial charge in [-0.1, -0.05) is 0 Å². The van der Waals surface area contributed by atoms with Crippen molar-refractivity contribution in [3.63, 3.8) is 0 Å². The molecule has 4 nitrogen and oxygen atoms in total. The van der Waals surface area contributed by atoms with E-state index < -0.39 is 0 Å². The Morgan fingerprint density at radius 2 is 0.760 bits per heavy atom. The van der Waals surface area contributed by atoms with E-state index in [0.717, 1.165) is 26.4 Å². The molecule has 0 aromatic heterocycles. The predicted octanol–water partition coefficient (Wildman–Crippen LogP) is 2.50. The molecule has 144 valence electrons. The fourth-order valence-corrected chi connectivity index (χ4v) is 4.23. The number of hydrogen-bond donors (Lipinski definition) is 0. The second kappa shape index (κ2) is 9.63. The van der Waals surface area contributed by atoms with Gasteiger partial charge in [-0.15, -0.1) is 0 Å². The maximum Gasteiger partial charge on any atom is 0.0637 e. The Kier molecular flexibility index (Phi) is 7.53. The molecule has 0 N–H and O–H groups in total. The Hall–Kier alpha value is 1.24. The number of thioether (sulfide) groups is 4. The molecule has 25 heavy (non-hydrogen) atoms. The van der Waals surface area contributed by atoms with E-state index in [1.54, 1.807) is 0 Å². The summed E-state index contributed by atoms with van der Waals surface area (Å²) in [5.41, 5.74) is -0.168. The van der Waals surface area contributed by atoms with Crippen LogP contribution in [0.1, 0.15) is 0 Å². The quantitative estimate of drug-likeness (QED) is 0.350. The average molecular weight is 425 g/mol. The van der Waals surface area contributed by atoms with E-state index in [9.17, 15) is 0 Å². The molecule has 0 aliphatic carbocycles. The van der Waals surface area contributed by atoms with Gasteiger partial charge in [0.15, 0.2) is 0 Å². The largest absolute Gasteiger partial charge is 0.379 e. The number of hydrogen-bond acceptors (Lipinski definition) is 8. The first-order chi connectivity index (χ1) is 12.3. The van der Waals surface area contributed by atoms with E-state index in [0.29, 0.717) is 47.4 Å². The van der Waals surface area contributed by atoms with Crippen molar-refractivity contribution >= 4 is 47.0 Å². The van der Waals surface area contributed by atoms with Crippen LogP contribution in [0.25, 0.3) is 0 Å². The summed E-state index contributed by atoms with van der Waals surface area (Å²) in [4.78, 5) is 0. The van der Waals surface area contributed by atoms with E-state index in [4.69, 9.17) is 18.9 Å². The van der Waals surface area contributed by atoms with Crippen molar-refractivity contribution in [1.82, 2.24) is 0 Å². The van der Waals surface area contributed by atoms with Crippen LogP contribution >= 0.6 is 47.0 Å². The molecule has 8 heteroatoms. The molecule has 0 radical (unpaired) electrons. The minimum Gasteiger partial charge on any atom is -0.379 e. The Morgan fingerprint density at radius 1 is 0.520 bits per heavy atom. The summed E-state index contributed by atoms with van der Waals surface area (Å²) in [6.45, 7) is 6.11. The molecule has 4 unspecified atom stereocenters. The van der Waals surface area contributed by atoms with Gasteiger partial charge in [0.25, 0.3) is 0 Å². The minimum absolute atomic E-state index is 0.168. The molecular formula is C17H28O4S4. The lowest BCUT2D eigenvalue weighted by atomic mass is 9.92. The molecule has 4 aliphatic heterocycles. The summed E-state index contributed by atoms with van der Waals surface area (Å²) in [5.74, 6) is 4.97. The van der Waals surface area contributed by atoms with E-state index in [-0.39, 0.29) is 5.41 Å². The highest BCUT2D eigenvalue weighted by Crippen LogP contribution is 2.34. The monoisotopic (exact) mass is 424 g/mol. The fraction of sp³-hybridized carbons (Fsp3) is 1.00. The Morgan fingerprint density at radius 3 is 0.960 bits per heavy atom.